The average molecular weight is 169 g/mol. The summed E-state index contributed by atoms with van der Waals surface area (Å²) >= 11 is 0. The van der Waals surface area contributed by atoms with Crippen LogP contribution < -0.4 is 5.32 Å². The van der Waals surface area contributed by atoms with Crippen molar-refractivity contribution in [1.29, 1.82) is 0 Å². The SMILES string of the molecule is CC(C)OCC1NC2CCC1C2. The predicted molar refractivity (Wildman–Crippen MR) is 49.1 cm³/mol. The Morgan fingerprint density at radius 3 is 2.75 bits per heavy atom. The molecule has 0 spiro atoms. The Morgan fingerprint density at radius 2 is 2.25 bits per heavy atom. The highest BCUT2D eigenvalue weighted by atomic mass is 16.5. The molecular formula is C10H19NO. The number of fused-ring (bicyclic) bond motifs is 2. The summed E-state index contributed by atoms with van der Waals surface area (Å²) in [5.74, 6) is 0.911. The first kappa shape index (κ1) is 8.52. The van der Waals surface area contributed by atoms with Crippen molar-refractivity contribution in [1.82, 2.24) is 5.32 Å². The van der Waals surface area contributed by atoms with E-state index in [0.717, 1.165) is 18.6 Å². The van der Waals surface area contributed by atoms with Crippen molar-refractivity contribution in [3.05, 3.63) is 0 Å². The molecule has 3 atom stereocenters. The second-order valence-electron chi connectivity index (χ2n) is 4.43. The van der Waals surface area contributed by atoms with Gasteiger partial charge in [-0.2, -0.15) is 0 Å². The van der Waals surface area contributed by atoms with E-state index in [9.17, 15) is 0 Å². The number of rotatable bonds is 3. The fourth-order valence-electron chi connectivity index (χ4n) is 2.45. The van der Waals surface area contributed by atoms with Crippen molar-refractivity contribution in [3.8, 4) is 0 Å². The molecule has 1 aliphatic carbocycles. The van der Waals surface area contributed by atoms with E-state index in [4.69, 9.17) is 4.74 Å². The van der Waals surface area contributed by atoms with Crippen LogP contribution >= 0.6 is 0 Å². The van der Waals surface area contributed by atoms with Gasteiger partial charge in [0, 0.05) is 12.1 Å². The van der Waals surface area contributed by atoms with E-state index in [2.05, 4.69) is 19.2 Å². The third-order valence-electron chi connectivity index (χ3n) is 3.10. The van der Waals surface area contributed by atoms with E-state index in [-0.39, 0.29) is 0 Å². The van der Waals surface area contributed by atoms with E-state index in [1.54, 1.807) is 0 Å². The molecule has 2 heteroatoms. The largest absolute Gasteiger partial charge is 0.377 e. The van der Waals surface area contributed by atoms with Crippen molar-refractivity contribution in [2.45, 2.75) is 51.3 Å². The van der Waals surface area contributed by atoms with E-state index in [1.807, 2.05) is 0 Å². The standard InChI is InChI=1S/C10H19NO/c1-7(2)12-6-10-8-3-4-9(5-8)11-10/h7-11H,3-6H2,1-2H3. The van der Waals surface area contributed by atoms with Crippen LogP contribution in [0.1, 0.15) is 33.1 Å². The molecule has 0 aromatic rings. The van der Waals surface area contributed by atoms with Crippen LogP contribution in [-0.4, -0.2) is 24.8 Å². The third kappa shape index (κ3) is 1.64. The highest BCUT2D eigenvalue weighted by molar-refractivity contribution is 4.96. The number of hydrogen-bond donors (Lipinski definition) is 1. The first-order valence-electron chi connectivity index (χ1n) is 5.13. The fraction of sp³-hybridized carbons (Fsp3) is 1.00. The van der Waals surface area contributed by atoms with Crippen LogP contribution in [0.5, 0.6) is 0 Å². The highest BCUT2D eigenvalue weighted by Crippen LogP contribution is 2.35. The van der Waals surface area contributed by atoms with Gasteiger partial charge in [-0.1, -0.05) is 0 Å². The second kappa shape index (κ2) is 3.35. The summed E-state index contributed by atoms with van der Waals surface area (Å²) in [4.78, 5) is 0. The van der Waals surface area contributed by atoms with Gasteiger partial charge in [-0.05, 0) is 39.0 Å². The first-order chi connectivity index (χ1) is 5.75. The number of hydrogen-bond acceptors (Lipinski definition) is 2. The smallest absolute Gasteiger partial charge is 0.0625 e. The zero-order chi connectivity index (χ0) is 8.55. The third-order valence-corrected chi connectivity index (χ3v) is 3.10. The maximum Gasteiger partial charge on any atom is 0.0625 e. The summed E-state index contributed by atoms with van der Waals surface area (Å²) in [6.07, 6.45) is 4.59. The average Bonchev–Trinajstić information content (AvgIpc) is 2.60. The summed E-state index contributed by atoms with van der Waals surface area (Å²) < 4.78 is 5.62. The summed E-state index contributed by atoms with van der Waals surface area (Å²) in [5.41, 5.74) is 0. The molecular weight excluding hydrogens is 150 g/mol. The van der Waals surface area contributed by atoms with Gasteiger partial charge < -0.3 is 10.1 Å². The van der Waals surface area contributed by atoms with E-state index >= 15 is 0 Å². The van der Waals surface area contributed by atoms with Crippen LogP contribution in [-0.2, 0) is 4.74 Å². The van der Waals surface area contributed by atoms with Gasteiger partial charge in [0.15, 0.2) is 0 Å². The van der Waals surface area contributed by atoms with E-state index in [0.29, 0.717) is 12.1 Å². The van der Waals surface area contributed by atoms with E-state index in [1.165, 1.54) is 19.3 Å². The molecule has 2 rings (SSSR count). The van der Waals surface area contributed by atoms with Crippen molar-refractivity contribution in [3.63, 3.8) is 0 Å². The summed E-state index contributed by atoms with van der Waals surface area (Å²) in [5, 5.41) is 3.62. The highest BCUT2D eigenvalue weighted by Gasteiger charge is 2.38. The van der Waals surface area contributed by atoms with Crippen LogP contribution in [0.25, 0.3) is 0 Å². The maximum atomic E-state index is 5.62. The van der Waals surface area contributed by atoms with Gasteiger partial charge in [0.2, 0.25) is 0 Å². The fourth-order valence-corrected chi connectivity index (χ4v) is 2.45. The van der Waals surface area contributed by atoms with E-state index < -0.39 is 0 Å². The quantitative estimate of drug-likeness (QED) is 0.692. The Labute approximate surface area is 74.7 Å². The van der Waals surface area contributed by atoms with Crippen LogP contribution in [0.2, 0.25) is 0 Å². The van der Waals surface area contributed by atoms with Crippen molar-refractivity contribution in [2.75, 3.05) is 6.61 Å². The molecule has 2 nitrogen and oxygen atoms in total. The molecule has 0 amide bonds. The Kier molecular flexibility index (Phi) is 2.37. The molecule has 12 heavy (non-hydrogen) atoms. The number of piperidine rings is 1. The molecule has 3 unspecified atom stereocenters. The van der Waals surface area contributed by atoms with Gasteiger partial charge in [0.05, 0.1) is 12.7 Å². The lowest BCUT2D eigenvalue weighted by Gasteiger charge is -2.23. The molecule has 1 heterocycles. The minimum Gasteiger partial charge on any atom is -0.377 e. The molecule has 0 radical (unpaired) electrons. The Balaban J connectivity index is 1.76. The topological polar surface area (TPSA) is 21.3 Å². The normalized spacial score (nSPS) is 39.8. The van der Waals surface area contributed by atoms with Crippen molar-refractivity contribution < 1.29 is 4.74 Å². The Bertz CT molecular complexity index is 158. The molecule has 2 bridgehead atoms. The number of ether oxygens (including phenoxy) is 1. The van der Waals surface area contributed by atoms with Crippen LogP contribution in [0, 0.1) is 5.92 Å². The number of nitrogens with one attached hydrogen (secondary N) is 1. The van der Waals surface area contributed by atoms with Gasteiger partial charge >= 0.3 is 0 Å². The lowest BCUT2D eigenvalue weighted by molar-refractivity contribution is 0.0523. The molecule has 1 aliphatic heterocycles. The van der Waals surface area contributed by atoms with Crippen LogP contribution in [0.4, 0.5) is 0 Å². The predicted octanol–water partition coefficient (Wildman–Crippen LogP) is 1.55. The monoisotopic (exact) mass is 169 g/mol. The molecule has 1 saturated carbocycles. The minimum atomic E-state index is 0.380. The zero-order valence-electron chi connectivity index (χ0n) is 8.05. The van der Waals surface area contributed by atoms with Crippen molar-refractivity contribution in [2.24, 2.45) is 5.92 Å². The molecule has 0 aromatic heterocycles. The van der Waals surface area contributed by atoms with Crippen LogP contribution in [0.15, 0.2) is 0 Å². The molecule has 70 valence electrons. The molecule has 0 aromatic carbocycles. The summed E-state index contributed by atoms with van der Waals surface area (Å²) in [7, 11) is 0. The first-order valence-corrected chi connectivity index (χ1v) is 5.13. The minimum absolute atomic E-state index is 0.380. The van der Waals surface area contributed by atoms with Gasteiger partial charge in [-0.15, -0.1) is 0 Å². The molecule has 1 N–H and O–H groups in total. The Morgan fingerprint density at radius 1 is 1.42 bits per heavy atom. The van der Waals surface area contributed by atoms with Gasteiger partial charge in [-0.3, -0.25) is 0 Å². The van der Waals surface area contributed by atoms with Crippen LogP contribution in [0.3, 0.4) is 0 Å². The zero-order valence-corrected chi connectivity index (χ0v) is 8.05. The molecule has 1 saturated heterocycles. The molecule has 2 aliphatic rings. The van der Waals surface area contributed by atoms with Gasteiger partial charge in [0.1, 0.15) is 0 Å². The lowest BCUT2D eigenvalue weighted by atomic mass is 10.0. The Hall–Kier alpha value is -0.0800. The van der Waals surface area contributed by atoms with Gasteiger partial charge in [0.25, 0.3) is 0 Å². The van der Waals surface area contributed by atoms with Crippen molar-refractivity contribution >= 4 is 0 Å². The second-order valence-corrected chi connectivity index (χ2v) is 4.43. The van der Waals surface area contributed by atoms with Gasteiger partial charge in [-0.25, -0.2) is 0 Å². The summed E-state index contributed by atoms with van der Waals surface area (Å²) in [6.45, 7) is 5.12. The molecule has 2 fully saturated rings. The summed E-state index contributed by atoms with van der Waals surface area (Å²) in [6, 6.07) is 1.47. The maximum absolute atomic E-state index is 5.62. The lowest BCUT2D eigenvalue weighted by Crippen LogP contribution is -2.39.